The fraction of sp³-hybridized carbons (Fsp3) is 0.556. The largest absolute Gasteiger partial charge is 2.00 e. The van der Waals surface area contributed by atoms with Crippen LogP contribution in [0.3, 0.4) is 0 Å². The molecule has 0 unspecified atom stereocenters. The molecule has 0 N–H and O–H groups in total. The van der Waals surface area contributed by atoms with Crippen LogP contribution in [0.25, 0.3) is 0 Å². The van der Waals surface area contributed by atoms with E-state index in [1.54, 1.807) is 0 Å². The van der Waals surface area contributed by atoms with Gasteiger partial charge < -0.3 is 25.1 Å². The average molecular weight is 419 g/mol. The van der Waals surface area contributed by atoms with E-state index in [1.807, 2.05) is 6.92 Å². The molecule has 9 nitrogen and oxygen atoms in total. The molecule has 1 fully saturated rings. The van der Waals surface area contributed by atoms with Crippen molar-refractivity contribution in [2.75, 3.05) is 13.1 Å². The molecule has 0 aliphatic carbocycles. The van der Waals surface area contributed by atoms with E-state index in [4.69, 9.17) is 0 Å². The van der Waals surface area contributed by atoms with E-state index >= 15 is 0 Å². The molecule has 1 aliphatic rings. The van der Waals surface area contributed by atoms with Gasteiger partial charge in [-0.3, -0.25) is 14.4 Å². The monoisotopic (exact) mass is 418 g/mol. The molecule has 1 saturated heterocycles. The molecule has 1 aromatic rings. The second-order valence-electron chi connectivity index (χ2n) is 6.72. The van der Waals surface area contributed by atoms with Gasteiger partial charge in [-0.2, -0.15) is 4.99 Å². The molecule has 1 aromatic heterocycles. The van der Waals surface area contributed by atoms with E-state index in [9.17, 15) is 29.2 Å². The van der Waals surface area contributed by atoms with Gasteiger partial charge in [0.2, 0.25) is 5.91 Å². The van der Waals surface area contributed by atoms with Crippen LogP contribution in [0.5, 0.6) is 0 Å². The van der Waals surface area contributed by atoms with Crippen molar-refractivity contribution in [3.05, 3.63) is 40.0 Å². The third kappa shape index (κ3) is 6.79. The number of aromatic nitrogens is 1. The van der Waals surface area contributed by atoms with E-state index in [2.05, 4.69) is 4.99 Å². The SMILES string of the molecule is CCCC[C@H](CN([O-])C=O)C(=O)N1CCC[C@H]1C(=O)N=c1ccc(F)cn1[O-].[Mg+2]. The Kier molecular flexibility index (Phi) is 10.3. The topological polar surface area (TPSA) is 121 Å². The number of carbonyl (C=O) groups excluding carboxylic acids is 3. The Hall–Kier alpha value is -1.98. The van der Waals surface area contributed by atoms with Crippen molar-refractivity contribution >= 4 is 41.3 Å². The third-order valence-corrected chi connectivity index (χ3v) is 4.68. The van der Waals surface area contributed by atoms with Crippen LogP contribution in [0.15, 0.2) is 23.3 Å². The van der Waals surface area contributed by atoms with Crippen LogP contribution in [0.4, 0.5) is 4.39 Å². The summed E-state index contributed by atoms with van der Waals surface area (Å²) in [5.74, 6) is -2.51. The Labute approximate surface area is 183 Å². The molecule has 0 spiro atoms. The molecule has 1 aliphatic heterocycles. The Balaban J connectivity index is 0.00000420. The first-order valence-corrected chi connectivity index (χ1v) is 9.21. The van der Waals surface area contributed by atoms with E-state index in [0.29, 0.717) is 38.4 Å². The minimum absolute atomic E-state index is 0. The van der Waals surface area contributed by atoms with Crippen LogP contribution in [0.1, 0.15) is 39.0 Å². The molecule has 0 bridgehead atoms. The molecule has 0 radical (unpaired) electrons. The number of unbranched alkanes of at least 4 members (excludes halogenated alkanes) is 1. The third-order valence-electron chi connectivity index (χ3n) is 4.68. The molecule has 11 heteroatoms. The predicted octanol–water partition coefficient (Wildman–Crippen LogP) is 0.773. The van der Waals surface area contributed by atoms with Gasteiger partial charge in [-0.25, -0.2) is 4.39 Å². The van der Waals surface area contributed by atoms with Gasteiger partial charge in [-0.05, 0) is 31.4 Å². The summed E-state index contributed by atoms with van der Waals surface area (Å²) in [4.78, 5) is 41.2. The molecule has 2 heterocycles. The van der Waals surface area contributed by atoms with Gasteiger partial charge >= 0.3 is 23.1 Å². The van der Waals surface area contributed by atoms with Crippen LogP contribution in [0.2, 0.25) is 0 Å². The molecule has 3 amide bonds. The number of likely N-dealkylation sites (tertiary alicyclic amines) is 1. The number of hydrogen-bond donors (Lipinski definition) is 0. The first-order valence-electron chi connectivity index (χ1n) is 9.21. The zero-order chi connectivity index (χ0) is 20.7. The second kappa shape index (κ2) is 11.9. The van der Waals surface area contributed by atoms with Gasteiger partial charge in [0.05, 0.1) is 5.92 Å². The Morgan fingerprint density at radius 1 is 1.45 bits per heavy atom. The van der Waals surface area contributed by atoms with Crippen LogP contribution < -0.4 is 5.49 Å². The van der Waals surface area contributed by atoms with Crippen molar-refractivity contribution in [2.45, 2.75) is 45.1 Å². The van der Waals surface area contributed by atoms with Crippen molar-refractivity contribution in [1.29, 1.82) is 0 Å². The minimum Gasteiger partial charge on any atom is -0.804 e. The number of carbonyl (C=O) groups is 3. The van der Waals surface area contributed by atoms with Crippen molar-refractivity contribution in [1.82, 2.24) is 14.7 Å². The number of amides is 3. The maximum atomic E-state index is 13.0. The van der Waals surface area contributed by atoms with Crippen LogP contribution in [-0.2, 0) is 14.4 Å². The van der Waals surface area contributed by atoms with Gasteiger partial charge in [0, 0.05) is 19.3 Å². The molecule has 2 rings (SSSR count). The number of pyridine rings is 1. The Morgan fingerprint density at radius 3 is 2.79 bits per heavy atom. The number of hydroxylamine groups is 2. The van der Waals surface area contributed by atoms with Crippen molar-refractivity contribution < 1.29 is 18.8 Å². The van der Waals surface area contributed by atoms with E-state index in [-0.39, 0.29) is 57.2 Å². The average Bonchev–Trinajstić information content (AvgIpc) is 3.16. The van der Waals surface area contributed by atoms with Gasteiger partial charge in [0.25, 0.3) is 5.91 Å². The maximum Gasteiger partial charge on any atom is 2.00 e. The normalized spacial score (nSPS) is 17.6. The van der Waals surface area contributed by atoms with Crippen LogP contribution in [0, 0.1) is 22.1 Å². The molecular weight excluding hydrogens is 396 g/mol. The number of halogens is 1. The fourth-order valence-corrected chi connectivity index (χ4v) is 3.25. The van der Waals surface area contributed by atoms with Gasteiger partial charge in [0.1, 0.15) is 17.3 Å². The smallest absolute Gasteiger partial charge is 0.804 e. The van der Waals surface area contributed by atoms with E-state index in [1.165, 1.54) is 4.90 Å². The predicted molar refractivity (Wildman–Crippen MR) is 103 cm³/mol. The summed E-state index contributed by atoms with van der Waals surface area (Å²) < 4.78 is 13.2. The van der Waals surface area contributed by atoms with E-state index < -0.39 is 23.7 Å². The fourth-order valence-electron chi connectivity index (χ4n) is 3.25. The maximum absolute atomic E-state index is 13.0. The molecule has 154 valence electrons. The summed E-state index contributed by atoms with van der Waals surface area (Å²) in [5.41, 5.74) is -0.264. The van der Waals surface area contributed by atoms with Gasteiger partial charge in [-0.1, -0.05) is 19.8 Å². The zero-order valence-electron chi connectivity index (χ0n) is 16.3. The van der Waals surface area contributed by atoms with Crippen molar-refractivity contribution in [2.24, 2.45) is 10.9 Å². The van der Waals surface area contributed by atoms with E-state index in [0.717, 1.165) is 18.6 Å². The number of nitrogens with zero attached hydrogens (tertiary/aromatic N) is 4. The summed E-state index contributed by atoms with van der Waals surface area (Å²) in [6.45, 7) is 2.00. The summed E-state index contributed by atoms with van der Waals surface area (Å²) in [7, 11) is 0. The first-order chi connectivity index (χ1) is 13.4. The van der Waals surface area contributed by atoms with Crippen LogP contribution >= 0.6 is 0 Å². The molecule has 0 saturated carbocycles. The van der Waals surface area contributed by atoms with Crippen LogP contribution in [-0.4, -0.2) is 75.1 Å². The first kappa shape index (κ1) is 25.1. The van der Waals surface area contributed by atoms with Crippen molar-refractivity contribution in [3.63, 3.8) is 0 Å². The van der Waals surface area contributed by atoms with Gasteiger partial charge in [-0.15, -0.1) is 0 Å². The molecule has 2 atom stereocenters. The van der Waals surface area contributed by atoms with Gasteiger partial charge in [0.15, 0.2) is 6.41 Å². The Bertz CT molecular complexity index is 788. The molecule has 29 heavy (non-hydrogen) atoms. The second-order valence-corrected chi connectivity index (χ2v) is 6.72. The zero-order valence-corrected chi connectivity index (χ0v) is 17.7. The quantitative estimate of drug-likeness (QED) is 0.351. The summed E-state index contributed by atoms with van der Waals surface area (Å²) in [6.07, 6.45) is 3.68. The minimum atomic E-state index is -0.849. The standard InChI is InChI=1S/C18H23FN4O5.Mg/c1-2-3-5-13(10-21(27)12-24)18(26)22-9-4-6-15(22)17(25)20-16-8-7-14(19)11-23(16)28;/h7-8,11-13,15H,2-6,9-10H2,1H3;/q-2;+2/t13-,15+;/m1./s1. The number of rotatable bonds is 8. The summed E-state index contributed by atoms with van der Waals surface area (Å²) in [5, 5.41) is 23.3. The summed E-state index contributed by atoms with van der Waals surface area (Å²) >= 11 is 0. The number of hydrogen-bond acceptors (Lipinski definition) is 5. The molecular formula is C18H23FMgN4O5. The summed E-state index contributed by atoms with van der Waals surface area (Å²) in [6, 6.07) is 1.25. The van der Waals surface area contributed by atoms with Crippen molar-refractivity contribution in [3.8, 4) is 0 Å². The molecule has 0 aromatic carbocycles. The Morgan fingerprint density at radius 2 is 2.17 bits per heavy atom.